The molecule has 0 unspecified atom stereocenters. The second-order valence-corrected chi connectivity index (χ2v) is 12.9. The maximum absolute atomic E-state index is 13.4. The molecule has 0 saturated carbocycles. The lowest BCUT2D eigenvalue weighted by Gasteiger charge is -2.46. The highest BCUT2D eigenvalue weighted by atomic mass is 16.7. The zero-order chi connectivity index (χ0) is 29.2. The van der Waals surface area contributed by atoms with Crippen molar-refractivity contribution in [2.75, 3.05) is 6.61 Å². The maximum atomic E-state index is 13.4. The van der Waals surface area contributed by atoms with Crippen molar-refractivity contribution in [2.24, 2.45) is 35.0 Å². The Kier molecular flexibility index (Phi) is 11.2. The molecule has 2 aliphatic rings. The van der Waals surface area contributed by atoms with Crippen LogP contribution in [-0.2, 0) is 23.8 Å². The van der Waals surface area contributed by atoms with Gasteiger partial charge >= 0.3 is 5.97 Å². The molecule has 0 aliphatic carbocycles. The molecule has 0 aromatic carbocycles. The van der Waals surface area contributed by atoms with Crippen molar-refractivity contribution in [2.45, 2.75) is 125 Å². The fourth-order valence-corrected chi connectivity index (χ4v) is 6.37. The van der Waals surface area contributed by atoms with Gasteiger partial charge < -0.3 is 29.5 Å². The van der Waals surface area contributed by atoms with Crippen LogP contribution in [0.25, 0.3) is 0 Å². The number of ketones is 1. The lowest BCUT2D eigenvalue weighted by Crippen LogP contribution is -2.52. The second-order valence-electron chi connectivity index (χ2n) is 12.9. The molecular weight excluding hydrogens is 488 g/mol. The van der Waals surface area contributed by atoms with Crippen molar-refractivity contribution < 1.29 is 39.1 Å². The third-order valence-electron chi connectivity index (χ3n) is 8.92. The molecule has 0 spiro atoms. The number of carbonyl (C=O) groups is 2. The van der Waals surface area contributed by atoms with Crippen molar-refractivity contribution in [3.05, 3.63) is 11.6 Å². The molecule has 38 heavy (non-hydrogen) atoms. The minimum Gasteiger partial charge on any atom is -0.459 e. The Morgan fingerprint density at radius 1 is 1.08 bits per heavy atom. The summed E-state index contributed by atoms with van der Waals surface area (Å²) in [6, 6.07) is 0. The average molecular weight is 541 g/mol. The van der Waals surface area contributed by atoms with E-state index in [9.17, 15) is 24.9 Å². The highest BCUT2D eigenvalue weighted by Gasteiger charge is 2.47. The first kappa shape index (κ1) is 32.9. The molecule has 8 nitrogen and oxygen atoms in total. The van der Waals surface area contributed by atoms with Crippen molar-refractivity contribution >= 4 is 11.8 Å². The van der Waals surface area contributed by atoms with E-state index in [2.05, 4.69) is 13.8 Å². The summed E-state index contributed by atoms with van der Waals surface area (Å²) in [6.45, 7) is 18.2. The standard InChI is InChI=1S/C30H52O8/c1-11-23-30(35,15-31)14-18(4)24(32)17(3)13-29(9,10)26(21(7)25(33)22(8)27(34)37-23)38-28-20(6)16(2)12-19(5)36-28/h14,16-17,19-23,25-26,28,31,33,35H,11-13,15H2,1-10H3/b18-14+/t16-,17+,19+,20+,21-,22+,23+,25-,26+,28-,30+/m0/s1. The number of rotatable bonds is 4. The van der Waals surface area contributed by atoms with Crippen LogP contribution < -0.4 is 0 Å². The van der Waals surface area contributed by atoms with Gasteiger partial charge in [-0.3, -0.25) is 9.59 Å². The highest BCUT2D eigenvalue weighted by molar-refractivity contribution is 5.96. The average Bonchev–Trinajstić information content (AvgIpc) is 2.85. The Morgan fingerprint density at radius 2 is 1.68 bits per heavy atom. The molecule has 0 radical (unpaired) electrons. The summed E-state index contributed by atoms with van der Waals surface area (Å²) in [5.74, 6) is -2.19. The topological polar surface area (TPSA) is 123 Å². The van der Waals surface area contributed by atoms with Gasteiger partial charge in [-0.25, -0.2) is 0 Å². The van der Waals surface area contributed by atoms with Gasteiger partial charge in [-0.2, -0.15) is 0 Å². The third-order valence-corrected chi connectivity index (χ3v) is 8.92. The maximum Gasteiger partial charge on any atom is 0.311 e. The molecule has 3 N–H and O–H groups in total. The van der Waals surface area contributed by atoms with Crippen molar-refractivity contribution in [1.82, 2.24) is 0 Å². The van der Waals surface area contributed by atoms with E-state index in [1.165, 1.54) is 6.08 Å². The van der Waals surface area contributed by atoms with E-state index in [0.29, 0.717) is 17.9 Å². The molecule has 0 bridgehead atoms. The number of carbonyl (C=O) groups excluding carboxylic acids is 2. The van der Waals surface area contributed by atoms with Gasteiger partial charge in [0, 0.05) is 17.8 Å². The number of cyclic esters (lactones) is 1. The lowest BCUT2D eigenvalue weighted by atomic mass is 9.70. The first-order valence-corrected chi connectivity index (χ1v) is 14.2. The van der Waals surface area contributed by atoms with Gasteiger partial charge in [0.15, 0.2) is 12.1 Å². The third kappa shape index (κ3) is 7.25. The number of hydrogen-bond donors (Lipinski definition) is 3. The van der Waals surface area contributed by atoms with E-state index in [0.717, 1.165) is 6.42 Å². The molecule has 11 atom stereocenters. The van der Waals surface area contributed by atoms with Gasteiger partial charge in [0.25, 0.3) is 0 Å². The van der Waals surface area contributed by atoms with Gasteiger partial charge in [-0.15, -0.1) is 0 Å². The minimum absolute atomic E-state index is 0.0338. The van der Waals surface area contributed by atoms with Crippen LogP contribution in [0.1, 0.15) is 88.5 Å². The monoisotopic (exact) mass is 540 g/mol. The van der Waals surface area contributed by atoms with Crippen molar-refractivity contribution in [3.8, 4) is 0 Å². The summed E-state index contributed by atoms with van der Waals surface area (Å²) in [4.78, 5) is 26.6. The Morgan fingerprint density at radius 3 is 2.24 bits per heavy atom. The molecule has 2 heterocycles. The largest absolute Gasteiger partial charge is 0.459 e. The first-order chi connectivity index (χ1) is 17.5. The molecule has 2 aliphatic heterocycles. The Hall–Kier alpha value is -1.32. The van der Waals surface area contributed by atoms with E-state index in [4.69, 9.17) is 14.2 Å². The van der Waals surface area contributed by atoms with Crippen molar-refractivity contribution in [3.63, 3.8) is 0 Å². The summed E-state index contributed by atoms with van der Waals surface area (Å²) in [7, 11) is 0. The van der Waals surface area contributed by atoms with Gasteiger partial charge in [-0.1, -0.05) is 48.5 Å². The zero-order valence-corrected chi connectivity index (χ0v) is 25.1. The summed E-state index contributed by atoms with van der Waals surface area (Å²) in [5, 5.41) is 32.6. The zero-order valence-electron chi connectivity index (χ0n) is 25.1. The Bertz CT molecular complexity index is 853. The number of aliphatic hydroxyl groups is 3. The second kappa shape index (κ2) is 12.9. The molecule has 2 rings (SSSR count). The minimum atomic E-state index is -1.92. The quantitative estimate of drug-likeness (QED) is 0.457. The van der Waals surface area contributed by atoms with E-state index in [1.807, 2.05) is 34.6 Å². The smallest absolute Gasteiger partial charge is 0.311 e. The fourth-order valence-electron chi connectivity index (χ4n) is 6.37. The normalized spacial score (nSPS) is 45.0. The van der Waals surface area contributed by atoms with E-state index >= 15 is 0 Å². The number of Topliss-reactive ketones (excluding diaryl/α,β-unsaturated/α-hetero) is 1. The predicted octanol–water partition coefficient (Wildman–Crippen LogP) is 4.04. The molecule has 1 saturated heterocycles. The molecule has 0 aromatic heterocycles. The summed E-state index contributed by atoms with van der Waals surface area (Å²) < 4.78 is 18.6. The molecule has 0 aromatic rings. The molecular formula is C30H52O8. The van der Waals surface area contributed by atoms with Crippen LogP contribution in [0.15, 0.2) is 11.6 Å². The van der Waals surface area contributed by atoms with Gasteiger partial charge in [-0.05, 0) is 63.0 Å². The van der Waals surface area contributed by atoms with Crippen LogP contribution in [-0.4, -0.2) is 70.0 Å². The van der Waals surface area contributed by atoms with Crippen LogP contribution >= 0.6 is 0 Å². The van der Waals surface area contributed by atoms with E-state index in [-0.39, 0.29) is 24.2 Å². The van der Waals surface area contributed by atoms with Gasteiger partial charge in [0.2, 0.25) is 0 Å². The molecule has 8 heteroatoms. The predicted molar refractivity (Wildman–Crippen MR) is 145 cm³/mol. The Balaban J connectivity index is 2.56. The summed E-state index contributed by atoms with van der Waals surface area (Å²) in [6.07, 6.45) is -0.288. The summed E-state index contributed by atoms with van der Waals surface area (Å²) in [5.41, 5.74) is -2.22. The molecule has 220 valence electrons. The number of esters is 1. The number of hydrogen-bond acceptors (Lipinski definition) is 8. The van der Waals surface area contributed by atoms with Crippen LogP contribution in [0.3, 0.4) is 0 Å². The van der Waals surface area contributed by atoms with Crippen LogP contribution in [0.4, 0.5) is 0 Å². The van der Waals surface area contributed by atoms with Crippen molar-refractivity contribution in [1.29, 1.82) is 0 Å². The number of allylic oxidation sites excluding steroid dienone is 1. The van der Waals surface area contributed by atoms with E-state index in [1.54, 1.807) is 20.8 Å². The number of aliphatic hydroxyl groups excluding tert-OH is 2. The Labute approximate surface area is 229 Å². The van der Waals surface area contributed by atoms with E-state index < -0.39 is 65.9 Å². The first-order valence-electron chi connectivity index (χ1n) is 14.2. The fraction of sp³-hybridized carbons (Fsp3) is 0.867. The summed E-state index contributed by atoms with van der Waals surface area (Å²) >= 11 is 0. The van der Waals surface area contributed by atoms with Crippen LogP contribution in [0, 0.1) is 35.0 Å². The van der Waals surface area contributed by atoms with Gasteiger partial charge in [0.1, 0.15) is 11.7 Å². The highest BCUT2D eigenvalue weighted by Crippen LogP contribution is 2.42. The lowest BCUT2D eigenvalue weighted by molar-refractivity contribution is -0.273. The molecule has 1 fully saturated rings. The SMILES string of the molecule is CC[C@H]1OC(=O)[C@H](C)[C@@H](O)[C@H](C)[C@@H](O[C@@H]2O[C@H](C)C[C@H](C)[C@H]2C)C(C)(C)C[C@@H](C)C(=O)/C(C)=C/[C@@]1(O)CO. The molecule has 0 amide bonds. The number of ether oxygens (including phenoxy) is 3. The van der Waals surface area contributed by atoms with Gasteiger partial charge in [0.05, 0.1) is 30.8 Å². The van der Waals surface area contributed by atoms with Crippen LogP contribution in [0.5, 0.6) is 0 Å². The van der Waals surface area contributed by atoms with Crippen LogP contribution in [0.2, 0.25) is 0 Å².